The number of rotatable bonds is 4. The highest BCUT2D eigenvalue weighted by atomic mass is 32.2. The lowest BCUT2D eigenvalue weighted by molar-refractivity contribution is -0.119. The van der Waals surface area contributed by atoms with Gasteiger partial charge in [0.15, 0.2) is 0 Å². The van der Waals surface area contributed by atoms with Gasteiger partial charge in [-0.3, -0.25) is 10.1 Å². The maximum Gasteiger partial charge on any atom is 0.321 e. The lowest BCUT2D eigenvalue weighted by Crippen LogP contribution is -2.41. The van der Waals surface area contributed by atoms with Crippen molar-refractivity contribution in [1.29, 1.82) is 0 Å². The van der Waals surface area contributed by atoms with Gasteiger partial charge in [0.05, 0.1) is 17.1 Å². The number of imide groups is 1. The van der Waals surface area contributed by atoms with Crippen LogP contribution in [-0.2, 0) is 4.79 Å². The van der Waals surface area contributed by atoms with E-state index in [-0.39, 0.29) is 5.22 Å². The van der Waals surface area contributed by atoms with E-state index in [4.69, 9.17) is 8.83 Å². The molecule has 1 atom stereocenters. The van der Waals surface area contributed by atoms with Crippen LogP contribution in [0.4, 0.5) is 4.79 Å². The van der Waals surface area contributed by atoms with Crippen LogP contribution in [0.25, 0.3) is 11.5 Å². The number of hydrogen-bond acceptors (Lipinski definition) is 7. The number of carbonyl (C=O) groups is 2. The molecule has 0 aromatic carbocycles. The fourth-order valence-corrected chi connectivity index (χ4v) is 2.14. The Kier molecular flexibility index (Phi) is 4.63. The van der Waals surface area contributed by atoms with Gasteiger partial charge in [-0.15, -0.1) is 10.2 Å². The second-order valence-corrected chi connectivity index (χ2v) is 5.38. The zero-order valence-corrected chi connectivity index (χ0v) is 12.5. The maximum absolute atomic E-state index is 11.7. The number of amides is 3. The molecule has 0 radical (unpaired) electrons. The zero-order valence-electron chi connectivity index (χ0n) is 11.7. The molecule has 21 heavy (non-hydrogen) atoms. The average molecular weight is 310 g/mol. The van der Waals surface area contributed by atoms with Gasteiger partial charge in [-0.25, -0.2) is 4.79 Å². The third-order valence-electron chi connectivity index (χ3n) is 2.61. The fraction of sp³-hybridized carbons (Fsp3) is 0.333. The first kappa shape index (κ1) is 15.1. The summed E-state index contributed by atoms with van der Waals surface area (Å²) in [6.45, 7) is 3.42. The van der Waals surface area contributed by atoms with Gasteiger partial charge in [-0.05, 0) is 19.9 Å². The summed E-state index contributed by atoms with van der Waals surface area (Å²) >= 11 is 1.07. The smallest absolute Gasteiger partial charge is 0.321 e. The first-order valence-electron chi connectivity index (χ1n) is 6.08. The summed E-state index contributed by atoms with van der Waals surface area (Å²) in [5.74, 6) is 0.543. The predicted molar refractivity (Wildman–Crippen MR) is 74.7 cm³/mol. The Bertz CT molecular complexity index is 651. The van der Waals surface area contributed by atoms with Gasteiger partial charge < -0.3 is 14.2 Å². The summed E-state index contributed by atoms with van der Waals surface area (Å²) in [6, 6.07) is 1.16. The van der Waals surface area contributed by atoms with Crippen LogP contribution < -0.4 is 10.6 Å². The van der Waals surface area contributed by atoms with Crippen molar-refractivity contribution in [2.75, 3.05) is 7.05 Å². The van der Waals surface area contributed by atoms with Gasteiger partial charge in [0.1, 0.15) is 5.76 Å². The van der Waals surface area contributed by atoms with E-state index >= 15 is 0 Å². The molecule has 0 fully saturated rings. The normalized spacial score (nSPS) is 12.0. The van der Waals surface area contributed by atoms with Crippen LogP contribution in [0.2, 0.25) is 0 Å². The van der Waals surface area contributed by atoms with Gasteiger partial charge >= 0.3 is 6.03 Å². The zero-order chi connectivity index (χ0) is 15.4. The number of carbonyl (C=O) groups excluding carboxylic acids is 2. The standard InChI is InChI=1S/C12H14N4O4S/c1-6-8(4-5-19-6)10-15-16-12(20-10)21-7(2)9(17)14-11(18)13-3/h4-5,7H,1-3H3,(H2,13,14,17,18)/t7-/m0/s1. The number of aromatic nitrogens is 2. The molecule has 2 aromatic heterocycles. The van der Waals surface area contributed by atoms with Crippen LogP contribution in [0.1, 0.15) is 12.7 Å². The number of aryl methyl sites for hydroxylation is 1. The second-order valence-electron chi connectivity index (χ2n) is 4.09. The summed E-state index contributed by atoms with van der Waals surface area (Å²) in [6.07, 6.45) is 1.53. The van der Waals surface area contributed by atoms with E-state index in [9.17, 15) is 9.59 Å². The average Bonchev–Trinajstić information content (AvgIpc) is 3.07. The van der Waals surface area contributed by atoms with Crippen LogP contribution in [0, 0.1) is 6.92 Å². The number of nitrogens with one attached hydrogen (secondary N) is 2. The minimum atomic E-state index is -0.562. The Morgan fingerprint density at radius 3 is 2.76 bits per heavy atom. The van der Waals surface area contributed by atoms with E-state index in [0.29, 0.717) is 17.2 Å². The topological polar surface area (TPSA) is 110 Å². The Hall–Kier alpha value is -2.29. The Morgan fingerprint density at radius 1 is 1.38 bits per heavy atom. The molecule has 0 aliphatic rings. The molecule has 8 nitrogen and oxygen atoms in total. The molecular weight excluding hydrogens is 296 g/mol. The highest BCUT2D eigenvalue weighted by Crippen LogP contribution is 2.28. The van der Waals surface area contributed by atoms with Gasteiger partial charge in [-0.2, -0.15) is 0 Å². The van der Waals surface area contributed by atoms with Crippen molar-refractivity contribution in [3.8, 4) is 11.5 Å². The number of urea groups is 1. The summed E-state index contributed by atoms with van der Waals surface area (Å²) in [4.78, 5) is 22.8. The first-order chi connectivity index (χ1) is 10.0. The molecule has 0 unspecified atom stereocenters. The predicted octanol–water partition coefficient (Wildman–Crippen LogP) is 1.57. The molecule has 2 rings (SSSR count). The van der Waals surface area contributed by atoms with Crippen LogP contribution in [0.3, 0.4) is 0 Å². The molecule has 0 saturated heterocycles. The monoisotopic (exact) mass is 310 g/mol. The van der Waals surface area contributed by atoms with Gasteiger partial charge in [0.25, 0.3) is 11.1 Å². The minimum Gasteiger partial charge on any atom is -0.469 e. The van der Waals surface area contributed by atoms with Crippen molar-refractivity contribution in [3.63, 3.8) is 0 Å². The van der Waals surface area contributed by atoms with Gasteiger partial charge in [0, 0.05) is 7.05 Å². The van der Waals surface area contributed by atoms with Crippen molar-refractivity contribution in [3.05, 3.63) is 18.1 Å². The molecule has 0 spiro atoms. The summed E-state index contributed by atoms with van der Waals surface area (Å²) < 4.78 is 10.6. The summed E-state index contributed by atoms with van der Waals surface area (Å²) in [5.41, 5.74) is 0.705. The Labute approximate surface area is 124 Å². The Morgan fingerprint density at radius 2 is 2.14 bits per heavy atom. The molecule has 112 valence electrons. The molecule has 2 aromatic rings. The van der Waals surface area contributed by atoms with Crippen LogP contribution in [0.15, 0.2) is 26.4 Å². The third-order valence-corrected chi connectivity index (χ3v) is 3.54. The maximum atomic E-state index is 11.7. The molecule has 0 saturated carbocycles. The molecule has 0 aliphatic heterocycles. The number of hydrogen-bond donors (Lipinski definition) is 2. The van der Waals surface area contributed by atoms with E-state index < -0.39 is 17.2 Å². The van der Waals surface area contributed by atoms with E-state index in [0.717, 1.165) is 11.8 Å². The van der Waals surface area contributed by atoms with Gasteiger partial charge in [0.2, 0.25) is 5.91 Å². The molecule has 9 heteroatoms. The van der Waals surface area contributed by atoms with Crippen molar-refractivity contribution >= 4 is 23.7 Å². The molecule has 0 bridgehead atoms. The van der Waals surface area contributed by atoms with Crippen molar-refractivity contribution in [2.24, 2.45) is 0 Å². The number of thioether (sulfide) groups is 1. The summed E-state index contributed by atoms with van der Waals surface area (Å²) in [7, 11) is 1.43. The quantitative estimate of drug-likeness (QED) is 0.825. The van der Waals surface area contributed by atoms with Crippen LogP contribution >= 0.6 is 11.8 Å². The van der Waals surface area contributed by atoms with Crippen molar-refractivity contribution in [1.82, 2.24) is 20.8 Å². The Balaban J connectivity index is 2.01. The molecule has 2 N–H and O–H groups in total. The largest absolute Gasteiger partial charge is 0.469 e. The van der Waals surface area contributed by atoms with Crippen molar-refractivity contribution < 1.29 is 18.4 Å². The first-order valence-corrected chi connectivity index (χ1v) is 6.96. The molecule has 0 aliphatic carbocycles. The van der Waals surface area contributed by atoms with Crippen LogP contribution in [-0.4, -0.2) is 34.4 Å². The minimum absolute atomic E-state index is 0.241. The van der Waals surface area contributed by atoms with Crippen molar-refractivity contribution in [2.45, 2.75) is 24.3 Å². The van der Waals surface area contributed by atoms with E-state index in [1.54, 1.807) is 19.9 Å². The SMILES string of the molecule is CNC(=O)NC(=O)[C@H](C)Sc1nnc(-c2ccoc2C)o1. The van der Waals surface area contributed by atoms with E-state index in [1.165, 1.54) is 13.3 Å². The van der Waals surface area contributed by atoms with E-state index in [2.05, 4.69) is 20.8 Å². The molecule has 3 amide bonds. The fourth-order valence-electron chi connectivity index (χ4n) is 1.45. The second kappa shape index (κ2) is 6.44. The highest BCUT2D eigenvalue weighted by molar-refractivity contribution is 8.00. The number of furan rings is 1. The lowest BCUT2D eigenvalue weighted by atomic mass is 10.3. The third kappa shape index (κ3) is 3.63. The highest BCUT2D eigenvalue weighted by Gasteiger charge is 2.20. The summed E-state index contributed by atoms with van der Waals surface area (Å²) in [5, 5.41) is 11.9. The molecule has 2 heterocycles. The van der Waals surface area contributed by atoms with Crippen LogP contribution in [0.5, 0.6) is 0 Å². The molecular formula is C12H14N4O4S. The number of nitrogens with zero attached hydrogens (tertiary/aromatic N) is 2. The van der Waals surface area contributed by atoms with E-state index in [1.807, 2.05) is 0 Å². The lowest BCUT2D eigenvalue weighted by Gasteiger charge is -2.07. The van der Waals surface area contributed by atoms with Gasteiger partial charge in [-0.1, -0.05) is 11.8 Å².